The third-order valence-electron chi connectivity index (χ3n) is 6.82. The average Bonchev–Trinajstić information content (AvgIpc) is 2.78. The largest absolute Gasteiger partial charge is 0.472 e. The molecular formula is C28H61NO4P+. The van der Waals surface area contributed by atoms with Crippen LogP contribution in [0.2, 0.25) is 0 Å². The number of unbranched alkanes of at least 4 members (excludes halogenated alkanes) is 18. The zero-order valence-corrected chi connectivity index (χ0v) is 24.4. The summed E-state index contributed by atoms with van der Waals surface area (Å²) in [5, 5.41) is 0. The first-order valence-electron chi connectivity index (χ1n) is 14.8. The first kappa shape index (κ1) is 34.1. The second kappa shape index (κ2) is 23.5. The molecule has 0 aliphatic heterocycles. The number of hydrogen-bond acceptors (Lipinski definition) is 3. The quantitative estimate of drug-likeness (QED) is 0.0686. The molecule has 0 heterocycles. The molecule has 0 bridgehead atoms. The van der Waals surface area contributed by atoms with E-state index in [9.17, 15) is 9.46 Å². The van der Waals surface area contributed by atoms with E-state index in [4.69, 9.17) is 9.05 Å². The number of likely N-dealkylation sites (N-methyl/N-ethyl adjacent to an activating group) is 1. The number of phosphoric ester groups is 1. The number of nitrogens with zero attached hydrogens (tertiary/aromatic N) is 1. The minimum atomic E-state index is -3.92. The van der Waals surface area contributed by atoms with Gasteiger partial charge in [-0.25, -0.2) is 4.57 Å². The molecule has 0 aromatic rings. The number of quaternary nitrogens is 1. The second-order valence-corrected chi connectivity index (χ2v) is 12.3. The number of rotatable bonds is 27. The van der Waals surface area contributed by atoms with Crippen LogP contribution in [0.5, 0.6) is 0 Å². The molecule has 6 heteroatoms. The van der Waals surface area contributed by atoms with E-state index in [1.807, 2.05) is 0 Å². The van der Waals surface area contributed by atoms with E-state index < -0.39 is 7.82 Å². The molecule has 0 aliphatic rings. The third-order valence-corrected chi connectivity index (χ3v) is 7.84. The SMILES string of the molecule is CCCCCCCCCCCCCC[N+](C)(C)CCOP(=O)(O)OCCCCCCCCCC. The summed E-state index contributed by atoms with van der Waals surface area (Å²) in [6, 6.07) is 0. The van der Waals surface area contributed by atoms with E-state index in [2.05, 4.69) is 27.9 Å². The van der Waals surface area contributed by atoms with Crippen LogP contribution < -0.4 is 0 Å². The maximum absolute atomic E-state index is 12.1. The molecule has 1 unspecified atom stereocenters. The average molecular weight is 507 g/mol. The molecule has 0 aromatic heterocycles. The molecule has 0 spiro atoms. The predicted molar refractivity (Wildman–Crippen MR) is 147 cm³/mol. The van der Waals surface area contributed by atoms with E-state index in [1.165, 1.54) is 116 Å². The Morgan fingerprint density at radius 2 is 0.882 bits per heavy atom. The van der Waals surface area contributed by atoms with Gasteiger partial charge in [-0.2, -0.15) is 0 Å². The van der Waals surface area contributed by atoms with Crippen molar-refractivity contribution in [1.29, 1.82) is 0 Å². The lowest BCUT2D eigenvalue weighted by molar-refractivity contribution is -0.890. The van der Waals surface area contributed by atoms with Gasteiger partial charge in [0.2, 0.25) is 0 Å². The van der Waals surface area contributed by atoms with Crippen LogP contribution >= 0.6 is 7.82 Å². The highest BCUT2D eigenvalue weighted by Gasteiger charge is 2.23. The Hall–Kier alpha value is 0.0700. The molecular weight excluding hydrogens is 445 g/mol. The Balaban J connectivity index is 3.59. The number of hydrogen-bond donors (Lipinski definition) is 1. The predicted octanol–water partition coefficient (Wildman–Crippen LogP) is 9.04. The summed E-state index contributed by atoms with van der Waals surface area (Å²) >= 11 is 0. The van der Waals surface area contributed by atoms with E-state index in [-0.39, 0.29) is 6.61 Å². The Morgan fingerprint density at radius 3 is 1.32 bits per heavy atom. The molecule has 0 radical (unpaired) electrons. The van der Waals surface area contributed by atoms with Crippen molar-refractivity contribution in [1.82, 2.24) is 0 Å². The van der Waals surface area contributed by atoms with E-state index in [0.717, 1.165) is 30.4 Å². The topological polar surface area (TPSA) is 55.8 Å². The summed E-state index contributed by atoms with van der Waals surface area (Å²) < 4.78 is 23.3. The molecule has 0 aliphatic carbocycles. The van der Waals surface area contributed by atoms with Crippen molar-refractivity contribution in [2.45, 2.75) is 142 Å². The van der Waals surface area contributed by atoms with Gasteiger partial charge in [0.1, 0.15) is 13.2 Å². The summed E-state index contributed by atoms with van der Waals surface area (Å²) in [6.45, 7) is 6.87. The minimum absolute atomic E-state index is 0.260. The van der Waals surface area contributed by atoms with Crippen molar-refractivity contribution >= 4 is 7.82 Å². The van der Waals surface area contributed by atoms with Gasteiger partial charge in [-0.15, -0.1) is 0 Å². The lowest BCUT2D eigenvalue weighted by Crippen LogP contribution is -2.42. The van der Waals surface area contributed by atoms with Gasteiger partial charge in [0.05, 0.1) is 27.2 Å². The Labute approximate surface area is 213 Å². The van der Waals surface area contributed by atoms with Crippen molar-refractivity contribution in [3.8, 4) is 0 Å². The van der Waals surface area contributed by atoms with Crippen LogP contribution in [-0.2, 0) is 13.6 Å². The van der Waals surface area contributed by atoms with Gasteiger partial charge < -0.3 is 9.38 Å². The molecule has 0 fully saturated rings. The normalized spacial score (nSPS) is 13.9. The van der Waals surface area contributed by atoms with Crippen molar-refractivity contribution in [3.63, 3.8) is 0 Å². The Morgan fingerprint density at radius 1 is 0.529 bits per heavy atom. The van der Waals surface area contributed by atoms with Crippen LogP contribution in [0.25, 0.3) is 0 Å². The van der Waals surface area contributed by atoms with Crippen molar-refractivity contribution in [2.24, 2.45) is 0 Å². The highest BCUT2D eigenvalue weighted by molar-refractivity contribution is 7.47. The molecule has 1 atom stereocenters. The fourth-order valence-corrected chi connectivity index (χ4v) is 5.10. The standard InChI is InChI=1S/C28H60NO4P/c1-5-7-9-11-13-15-16-17-18-19-21-23-25-29(3,4)26-28-33-34(30,31)32-27-24-22-20-14-12-10-8-6-2/h5-28H2,1-4H3/p+1. The maximum Gasteiger partial charge on any atom is 0.472 e. The van der Waals surface area contributed by atoms with Crippen LogP contribution in [0.1, 0.15) is 142 Å². The summed E-state index contributed by atoms with van der Waals surface area (Å²) in [7, 11) is 0.427. The van der Waals surface area contributed by atoms with Gasteiger partial charge in [0, 0.05) is 0 Å². The van der Waals surface area contributed by atoms with Crippen LogP contribution in [-0.4, -0.2) is 49.8 Å². The third kappa shape index (κ3) is 25.2. The highest BCUT2D eigenvalue weighted by atomic mass is 31.2. The summed E-state index contributed by atoms with van der Waals surface area (Å²) in [4.78, 5) is 9.90. The fraction of sp³-hybridized carbons (Fsp3) is 1.00. The molecule has 0 aromatic carbocycles. The van der Waals surface area contributed by atoms with Crippen molar-refractivity contribution in [3.05, 3.63) is 0 Å². The fourth-order valence-electron chi connectivity index (χ4n) is 4.35. The van der Waals surface area contributed by atoms with Gasteiger partial charge in [-0.3, -0.25) is 9.05 Å². The summed E-state index contributed by atoms with van der Waals surface area (Å²) in [5.74, 6) is 0. The summed E-state index contributed by atoms with van der Waals surface area (Å²) in [5.41, 5.74) is 0. The first-order valence-corrected chi connectivity index (χ1v) is 16.3. The van der Waals surface area contributed by atoms with Crippen LogP contribution in [0.15, 0.2) is 0 Å². The molecule has 0 amide bonds. The van der Waals surface area contributed by atoms with Gasteiger partial charge in [0.25, 0.3) is 0 Å². The lowest BCUT2D eigenvalue weighted by Gasteiger charge is -2.29. The van der Waals surface area contributed by atoms with Gasteiger partial charge >= 0.3 is 7.82 Å². The zero-order valence-electron chi connectivity index (χ0n) is 23.5. The Bertz CT molecular complexity index is 473. The zero-order chi connectivity index (χ0) is 25.4. The van der Waals surface area contributed by atoms with Gasteiger partial charge in [0.15, 0.2) is 0 Å². The second-order valence-electron chi connectivity index (χ2n) is 10.9. The highest BCUT2D eigenvalue weighted by Crippen LogP contribution is 2.43. The summed E-state index contributed by atoms with van der Waals surface area (Å²) in [6.07, 6.45) is 25.8. The molecule has 206 valence electrons. The van der Waals surface area contributed by atoms with E-state index in [1.54, 1.807) is 0 Å². The van der Waals surface area contributed by atoms with Crippen molar-refractivity contribution in [2.75, 3.05) is 40.4 Å². The monoisotopic (exact) mass is 506 g/mol. The number of phosphoric acid groups is 1. The smallest absolute Gasteiger partial charge is 0.327 e. The van der Waals surface area contributed by atoms with Gasteiger partial charge in [-0.1, -0.05) is 123 Å². The molecule has 0 saturated carbocycles. The Kier molecular flexibility index (Phi) is 23.5. The van der Waals surface area contributed by atoms with Crippen LogP contribution in [0.4, 0.5) is 0 Å². The lowest BCUT2D eigenvalue weighted by atomic mass is 10.1. The van der Waals surface area contributed by atoms with E-state index >= 15 is 0 Å². The molecule has 0 rings (SSSR count). The van der Waals surface area contributed by atoms with E-state index in [0.29, 0.717) is 6.61 Å². The van der Waals surface area contributed by atoms with Gasteiger partial charge in [-0.05, 0) is 19.3 Å². The molecule has 0 saturated heterocycles. The first-order chi connectivity index (χ1) is 16.3. The van der Waals surface area contributed by atoms with Crippen molar-refractivity contribution < 1.29 is 23.0 Å². The molecule has 1 N–H and O–H groups in total. The van der Waals surface area contributed by atoms with Crippen LogP contribution in [0, 0.1) is 0 Å². The van der Waals surface area contributed by atoms with Crippen LogP contribution in [0.3, 0.4) is 0 Å². The molecule has 5 nitrogen and oxygen atoms in total. The minimum Gasteiger partial charge on any atom is -0.327 e. The molecule has 34 heavy (non-hydrogen) atoms. The maximum atomic E-state index is 12.1.